The molecule has 1 aromatic carbocycles. The number of rotatable bonds is 4. The molecule has 1 heterocycles. The lowest BCUT2D eigenvalue weighted by Crippen LogP contribution is -2.42. The molecule has 28 heavy (non-hydrogen) atoms. The van der Waals surface area contributed by atoms with E-state index in [1.165, 1.54) is 0 Å². The van der Waals surface area contributed by atoms with Crippen LogP contribution < -0.4 is 9.46 Å². The van der Waals surface area contributed by atoms with E-state index in [9.17, 15) is 34.8 Å². The molecular weight excluding hydrogens is 416 g/mol. The fourth-order valence-electron chi connectivity index (χ4n) is 3.03. The summed E-state index contributed by atoms with van der Waals surface area (Å²) in [6.45, 7) is 0. The van der Waals surface area contributed by atoms with E-state index in [1.807, 2.05) is 0 Å². The molecule has 2 aromatic rings. The lowest BCUT2D eigenvalue weighted by Gasteiger charge is -2.30. The first-order valence-electron chi connectivity index (χ1n) is 7.82. The van der Waals surface area contributed by atoms with Gasteiger partial charge in [-0.15, -0.1) is 13.2 Å². The highest BCUT2D eigenvalue weighted by Gasteiger charge is 2.46. The van der Waals surface area contributed by atoms with Gasteiger partial charge >= 0.3 is 12.5 Å². The number of halogens is 6. The van der Waals surface area contributed by atoms with Crippen molar-refractivity contribution in [2.45, 2.75) is 42.2 Å². The zero-order chi connectivity index (χ0) is 20.7. The number of ether oxygens (including phenoxy) is 1. The van der Waals surface area contributed by atoms with Gasteiger partial charge in [-0.1, -0.05) is 0 Å². The van der Waals surface area contributed by atoms with Gasteiger partial charge in [0, 0.05) is 23.7 Å². The first-order valence-corrected chi connectivity index (χ1v) is 9.30. The lowest BCUT2D eigenvalue weighted by atomic mass is 9.84. The molecule has 154 valence electrons. The number of nitrogens with one attached hydrogen (secondary N) is 2. The largest absolute Gasteiger partial charge is 0.573 e. The molecule has 0 aliphatic heterocycles. The molecular formula is C15H13F6N3O3S. The molecule has 1 aromatic heterocycles. The van der Waals surface area contributed by atoms with Gasteiger partial charge in [0.25, 0.3) is 0 Å². The number of aromatic amines is 1. The standard InChI is InChI=1S/C15H13F6N3O3S/c16-14(17,18)12-5-8(6-13-11(12)7-22-23-13)24-28(25,26)10-3-1-9(2-4-10)27-15(19,20)21/h1-4,7-8,12,24H,5-6H2,(H,22,23)/t8-,12-/m0/s1. The smallest absolute Gasteiger partial charge is 0.406 e. The van der Waals surface area contributed by atoms with Crippen LogP contribution in [0.1, 0.15) is 23.6 Å². The van der Waals surface area contributed by atoms with Crippen molar-refractivity contribution in [3.8, 4) is 5.75 Å². The highest BCUT2D eigenvalue weighted by Crippen LogP contribution is 2.42. The van der Waals surface area contributed by atoms with Crippen LogP contribution in [0.2, 0.25) is 0 Å². The quantitative estimate of drug-likeness (QED) is 0.731. The van der Waals surface area contributed by atoms with E-state index in [0.717, 1.165) is 30.5 Å². The average Bonchev–Trinajstić information content (AvgIpc) is 3.00. The number of hydrogen-bond donors (Lipinski definition) is 2. The van der Waals surface area contributed by atoms with Gasteiger partial charge in [-0.3, -0.25) is 5.10 Å². The first-order chi connectivity index (χ1) is 12.9. The van der Waals surface area contributed by atoms with Crippen LogP contribution in [-0.2, 0) is 16.4 Å². The van der Waals surface area contributed by atoms with Crippen molar-refractivity contribution in [1.29, 1.82) is 0 Å². The molecule has 0 radical (unpaired) electrons. The summed E-state index contributed by atoms with van der Waals surface area (Å²) in [6, 6.07) is 2.27. The summed E-state index contributed by atoms with van der Waals surface area (Å²) in [5.41, 5.74) is 0.145. The van der Waals surface area contributed by atoms with Crippen molar-refractivity contribution < 1.29 is 39.5 Å². The fraction of sp³-hybridized carbons (Fsp3) is 0.400. The fourth-order valence-corrected chi connectivity index (χ4v) is 4.28. The number of fused-ring (bicyclic) bond motifs is 1. The number of alkyl halides is 6. The van der Waals surface area contributed by atoms with Gasteiger partial charge < -0.3 is 4.74 Å². The number of benzene rings is 1. The molecule has 2 atom stereocenters. The number of H-pyrrole nitrogens is 1. The first kappa shape index (κ1) is 20.5. The van der Waals surface area contributed by atoms with E-state index < -0.39 is 51.6 Å². The maximum atomic E-state index is 13.3. The zero-order valence-corrected chi connectivity index (χ0v) is 14.6. The maximum Gasteiger partial charge on any atom is 0.573 e. The molecule has 1 aliphatic rings. The number of nitrogens with zero attached hydrogens (tertiary/aromatic N) is 1. The Kier molecular flexibility index (Phi) is 5.08. The second-order valence-electron chi connectivity index (χ2n) is 6.18. The molecule has 0 amide bonds. The Morgan fingerprint density at radius 1 is 1.11 bits per heavy atom. The summed E-state index contributed by atoms with van der Waals surface area (Å²) < 4.78 is 107. The molecule has 1 aliphatic carbocycles. The summed E-state index contributed by atoms with van der Waals surface area (Å²) in [5, 5.41) is 6.02. The van der Waals surface area contributed by atoms with Gasteiger partial charge in [0.05, 0.1) is 17.0 Å². The number of sulfonamides is 1. The minimum atomic E-state index is -4.94. The third-order valence-corrected chi connectivity index (χ3v) is 5.72. The van der Waals surface area contributed by atoms with Crippen LogP contribution in [0.3, 0.4) is 0 Å². The van der Waals surface area contributed by atoms with Crippen LogP contribution in [0.15, 0.2) is 35.4 Å². The van der Waals surface area contributed by atoms with Crippen molar-refractivity contribution in [3.05, 3.63) is 41.7 Å². The van der Waals surface area contributed by atoms with E-state index in [-0.39, 0.29) is 17.7 Å². The molecule has 2 N–H and O–H groups in total. The Morgan fingerprint density at radius 2 is 1.75 bits per heavy atom. The predicted octanol–water partition coefficient (Wildman–Crippen LogP) is 3.25. The van der Waals surface area contributed by atoms with Crippen LogP contribution in [0.4, 0.5) is 26.3 Å². The molecule has 0 unspecified atom stereocenters. The van der Waals surface area contributed by atoms with E-state index >= 15 is 0 Å². The third kappa shape index (κ3) is 4.58. The molecule has 0 fully saturated rings. The molecule has 0 saturated carbocycles. The van der Waals surface area contributed by atoms with Gasteiger partial charge in [0.1, 0.15) is 5.75 Å². The Labute approximate surface area is 154 Å². The van der Waals surface area contributed by atoms with E-state index in [2.05, 4.69) is 19.7 Å². The minimum absolute atomic E-state index is 0.0309. The van der Waals surface area contributed by atoms with E-state index in [4.69, 9.17) is 0 Å². The van der Waals surface area contributed by atoms with Crippen LogP contribution in [0, 0.1) is 0 Å². The Bertz CT molecular complexity index is 937. The average molecular weight is 429 g/mol. The van der Waals surface area contributed by atoms with Gasteiger partial charge in [-0.2, -0.15) is 18.3 Å². The second-order valence-corrected chi connectivity index (χ2v) is 7.89. The Morgan fingerprint density at radius 3 is 2.32 bits per heavy atom. The predicted molar refractivity (Wildman–Crippen MR) is 82.9 cm³/mol. The Hall–Kier alpha value is -2.28. The lowest BCUT2D eigenvalue weighted by molar-refractivity contribution is -0.274. The summed E-state index contributed by atoms with van der Waals surface area (Å²) in [7, 11) is -4.26. The van der Waals surface area contributed by atoms with E-state index in [0.29, 0.717) is 0 Å². The maximum absolute atomic E-state index is 13.3. The molecule has 3 rings (SSSR count). The van der Waals surface area contributed by atoms with Crippen LogP contribution in [0.5, 0.6) is 5.75 Å². The number of hydrogen-bond acceptors (Lipinski definition) is 4. The number of aromatic nitrogens is 2. The molecule has 13 heteroatoms. The Balaban J connectivity index is 1.77. The summed E-state index contributed by atoms with van der Waals surface area (Å²) in [4.78, 5) is -0.402. The van der Waals surface area contributed by atoms with Crippen LogP contribution in [0.25, 0.3) is 0 Å². The van der Waals surface area contributed by atoms with Crippen molar-refractivity contribution in [3.63, 3.8) is 0 Å². The van der Waals surface area contributed by atoms with Crippen molar-refractivity contribution in [2.24, 2.45) is 0 Å². The van der Waals surface area contributed by atoms with Gasteiger partial charge in [-0.25, -0.2) is 13.1 Å². The normalized spacial score (nSPS) is 20.6. The monoisotopic (exact) mass is 429 g/mol. The minimum Gasteiger partial charge on any atom is -0.406 e. The van der Waals surface area contributed by atoms with Crippen molar-refractivity contribution in [2.75, 3.05) is 0 Å². The zero-order valence-electron chi connectivity index (χ0n) is 13.8. The summed E-state index contributed by atoms with van der Waals surface area (Å²) in [5.74, 6) is -2.51. The van der Waals surface area contributed by atoms with Crippen molar-refractivity contribution in [1.82, 2.24) is 14.9 Å². The van der Waals surface area contributed by atoms with Gasteiger partial charge in [0.2, 0.25) is 10.0 Å². The van der Waals surface area contributed by atoms with Gasteiger partial charge in [0.15, 0.2) is 0 Å². The molecule has 0 spiro atoms. The summed E-state index contributed by atoms with van der Waals surface area (Å²) in [6.07, 6.45) is -9.01. The summed E-state index contributed by atoms with van der Waals surface area (Å²) >= 11 is 0. The topological polar surface area (TPSA) is 84.1 Å². The molecule has 6 nitrogen and oxygen atoms in total. The van der Waals surface area contributed by atoms with E-state index in [1.54, 1.807) is 0 Å². The van der Waals surface area contributed by atoms with Crippen LogP contribution >= 0.6 is 0 Å². The molecule has 0 bridgehead atoms. The SMILES string of the molecule is O=S(=O)(N[C@@H]1Cc2[nH]ncc2[C@@H](C(F)(F)F)C1)c1ccc(OC(F)(F)F)cc1. The highest BCUT2D eigenvalue weighted by molar-refractivity contribution is 7.89. The highest BCUT2D eigenvalue weighted by atomic mass is 32.2. The molecule has 0 saturated heterocycles. The second kappa shape index (κ2) is 6.95. The van der Waals surface area contributed by atoms with Crippen molar-refractivity contribution >= 4 is 10.0 Å². The third-order valence-electron chi connectivity index (χ3n) is 4.18. The van der Waals surface area contributed by atoms with Crippen LogP contribution in [-0.4, -0.2) is 37.2 Å². The van der Waals surface area contributed by atoms with Gasteiger partial charge in [-0.05, 0) is 30.7 Å².